The summed E-state index contributed by atoms with van der Waals surface area (Å²) in [6.07, 6.45) is 3.82. The quantitative estimate of drug-likeness (QED) is 0.280. The smallest absolute Gasteiger partial charge is 0.259 e. The molecule has 204 valence electrons. The molecule has 0 atom stereocenters. The molecule has 3 N–H and O–H groups in total. The molecule has 4 aromatic rings. The van der Waals surface area contributed by atoms with Gasteiger partial charge >= 0.3 is 0 Å². The summed E-state index contributed by atoms with van der Waals surface area (Å²) in [7, 11) is 3.64. The molecule has 1 aliphatic rings. The van der Waals surface area contributed by atoms with Crippen LogP contribution in [-0.4, -0.2) is 54.1 Å². The van der Waals surface area contributed by atoms with Crippen molar-refractivity contribution >= 4 is 39.1 Å². The minimum Gasteiger partial charge on any atom is -0.496 e. The van der Waals surface area contributed by atoms with Gasteiger partial charge in [-0.1, -0.05) is 6.07 Å². The number of piperidine rings is 1. The third-order valence-electron chi connectivity index (χ3n) is 6.89. The van der Waals surface area contributed by atoms with Gasteiger partial charge in [-0.25, -0.2) is 14.4 Å². The van der Waals surface area contributed by atoms with Crippen molar-refractivity contribution in [2.24, 2.45) is 5.73 Å². The van der Waals surface area contributed by atoms with Crippen molar-refractivity contribution in [2.45, 2.75) is 38.7 Å². The molecule has 3 heterocycles. The highest BCUT2D eigenvalue weighted by Crippen LogP contribution is 2.42. The van der Waals surface area contributed by atoms with Crippen LogP contribution in [0, 0.1) is 5.82 Å². The Labute approximate surface area is 231 Å². The maximum Gasteiger partial charge on any atom is 0.259 e. The van der Waals surface area contributed by atoms with Crippen LogP contribution in [0.2, 0.25) is 0 Å². The normalized spacial score (nSPS) is 14.6. The first-order chi connectivity index (χ1) is 18.7. The predicted octanol–water partition coefficient (Wildman–Crippen LogP) is 5.94. The lowest BCUT2D eigenvalue weighted by Gasteiger charge is -2.29. The lowest BCUT2D eigenvalue weighted by atomic mass is 9.89. The Bertz CT molecular complexity index is 1510. The Morgan fingerprint density at radius 2 is 1.95 bits per heavy atom. The molecule has 8 nitrogen and oxygen atoms in total. The van der Waals surface area contributed by atoms with Crippen LogP contribution in [-0.2, 0) is 0 Å². The molecule has 0 aliphatic carbocycles. The van der Waals surface area contributed by atoms with Gasteiger partial charge in [-0.05, 0) is 88.6 Å². The number of amides is 1. The first-order valence-corrected chi connectivity index (χ1v) is 13.7. The van der Waals surface area contributed by atoms with Crippen LogP contribution < -0.4 is 20.5 Å². The molecular weight excluding hydrogens is 517 g/mol. The van der Waals surface area contributed by atoms with E-state index in [1.807, 2.05) is 19.9 Å². The molecule has 0 radical (unpaired) electrons. The van der Waals surface area contributed by atoms with E-state index < -0.39 is 11.7 Å². The van der Waals surface area contributed by atoms with Crippen molar-refractivity contribution < 1.29 is 18.7 Å². The van der Waals surface area contributed by atoms with E-state index >= 15 is 0 Å². The van der Waals surface area contributed by atoms with E-state index in [0.29, 0.717) is 39.0 Å². The van der Waals surface area contributed by atoms with Crippen molar-refractivity contribution in [3.8, 4) is 22.6 Å². The Hall–Kier alpha value is -3.76. The van der Waals surface area contributed by atoms with Gasteiger partial charge in [0.25, 0.3) is 5.91 Å². The summed E-state index contributed by atoms with van der Waals surface area (Å²) in [5.41, 5.74) is 8.99. The second-order valence-corrected chi connectivity index (χ2v) is 11.1. The largest absolute Gasteiger partial charge is 0.496 e. The number of fused-ring (bicyclic) bond motifs is 1. The number of methoxy groups -OCH3 is 1. The lowest BCUT2D eigenvalue weighted by molar-refractivity contribution is 0.100. The zero-order valence-electron chi connectivity index (χ0n) is 22.5. The van der Waals surface area contributed by atoms with Crippen LogP contribution in [0.3, 0.4) is 0 Å². The van der Waals surface area contributed by atoms with Crippen LogP contribution in [0.4, 0.5) is 16.0 Å². The zero-order chi connectivity index (χ0) is 27.7. The number of thiophene rings is 1. The highest BCUT2D eigenvalue weighted by atomic mass is 32.1. The van der Waals surface area contributed by atoms with Gasteiger partial charge in [-0.3, -0.25) is 4.79 Å². The number of halogens is 1. The topological polar surface area (TPSA) is 103 Å². The third kappa shape index (κ3) is 5.67. The van der Waals surface area contributed by atoms with Crippen LogP contribution in [0.5, 0.6) is 11.5 Å². The summed E-state index contributed by atoms with van der Waals surface area (Å²) in [6.45, 7) is 6.13. The standard InChI is InChI=1S/C29H32FN5O3S/c1-16(2)38-23-13-18(17-9-11-35(3)12-10-17)5-7-21(23)33-29-32-15-24-26(34-29)25(27(39-24)28(31)36)20-14-19(30)6-8-22(20)37-4/h5-8,13-17H,9-12H2,1-4H3,(H2,31,36)(H,32,33,34). The van der Waals surface area contributed by atoms with E-state index in [2.05, 4.69) is 34.4 Å². The van der Waals surface area contributed by atoms with E-state index in [-0.39, 0.29) is 11.0 Å². The third-order valence-corrected chi connectivity index (χ3v) is 8.02. The van der Waals surface area contributed by atoms with E-state index in [4.69, 9.17) is 20.2 Å². The zero-order valence-corrected chi connectivity index (χ0v) is 23.3. The van der Waals surface area contributed by atoms with Crippen LogP contribution in [0.1, 0.15) is 47.8 Å². The molecule has 2 aromatic heterocycles. The molecular formula is C29H32FN5O3S. The monoisotopic (exact) mass is 549 g/mol. The van der Waals surface area contributed by atoms with Gasteiger partial charge in [0.1, 0.15) is 22.2 Å². The molecule has 10 heteroatoms. The number of benzene rings is 2. The highest BCUT2D eigenvalue weighted by molar-refractivity contribution is 7.21. The first kappa shape index (κ1) is 26.8. The molecule has 0 spiro atoms. The Morgan fingerprint density at radius 1 is 1.18 bits per heavy atom. The average molecular weight is 550 g/mol. The number of hydrogen-bond donors (Lipinski definition) is 2. The van der Waals surface area contributed by atoms with Crippen LogP contribution in [0.15, 0.2) is 42.6 Å². The number of anilines is 2. The highest BCUT2D eigenvalue weighted by Gasteiger charge is 2.24. The number of primary amides is 1. The molecule has 1 fully saturated rings. The maximum atomic E-state index is 14.3. The van der Waals surface area contributed by atoms with Crippen molar-refractivity contribution in [2.75, 3.05) is 32.6 Å². The number of aromatic nitrogens is 2. The summed E-state index contributed by atoms with van der Waals surface area (Å²) in [5, 5.41) is 3.29. The van der Waals surface area contributed by atoms with Crippen molar-refractivity contribution in [3.05, 3.63) is 58.9 Å². The number of nitrogens with two attached hydrogens (primary N) is 1. The number of nitrogens with zero attached hydrogens (tertiary/aromatic N) is 3. The van der Waals surface area contributed by atoms with Gasteiger partial charge in [0.05, 0.1) is 35.3 Å². The molecule has 2 aromatic carbocycles. The second-order valence-electron chi connectivity index (χ2n) is 10.0. The minimum atomic E-state index is -0.633. The van der Waals surface area contributed by atoms with E-state index in [0.717, 1.165) is 48.7 Å². The molecule has 1 aliphatic heterocycles. The number of carbonyl (C=O) groups is 1. The molecule has 1 amide bonds. The van der Waals surface area contributed by atoms with Gasteiger partial charge in [0.2, 0.25) is 5.95 Å². The number of ether oxygens (including phenoxy) is 2. The molecule has 1 saturated heterocycles. The fraction of sp³-hybridized carbons (Fsp3) is 0.345. The van der Waals surface area contributed by atoms with Gasteiger partial charge in [-0.2, -0.15) is 0 Å². The van der Waals surface area contributed by atoms with E-state index in [1.165, 1.54) is 30.9 Å². The first-order valence-electron chi connectivity index (χ1n) is 12.9. The number of likely N-dealkylation sites (tertiary alicyclic amines) is 1. The molecule has 39 heavy (non-hydrogen) atoms. The summed E-state index contributed by atoms with van der Waals surface area (Å²) < 4.78 is 26.6. The SMILES string of the molecule is COc1ccc(F)cc1-c1c(C(N)=O)sc2cnc(Nc3ccc(C4CCN(C)CC4)cc3OC(C)C)nc12. The second kappa shape index (κ2) is 11.2. The average Bonchev–Trinajstić information content (AvgIpc) is 3.29. The minimum absolute atomic E-state index is 0.0243. The molecule has 0 unspecified atom stereocenters. The summed E-state index contributed by atoms with van der Waals surface area (Å²) in [4.78, 5) is 24.2. The molecule has 5 rings (SSSR count). The van der Waals surface area contributed by atoms with Gasteiger partial charge in [0.15, 0.2) is 0 Å². The van der Waals surface area contributed by atoms with Gasteiger partial charge in [-0.15, -0.1) is 11.3 Å². The van der Waals surface area contributed by atoms with Gasteiger partial charge < -0.3 is 25.4 Å². The summed E-state index contributed by atoms with van der Waals surface area (Å²) >= 11 is 1.16. The van der Waals surface area contributed by atoms with Crippen LogP contribution >= 0.6 is 11.3 Å². The van der Waals surface area contributed by atoms with Crippen molar-refractivity contribution in [1.82, 2.24) is 14.9 Å². The number of carbonyl (C=O) groups excluding carboxylic acids is 1. The van der Waals surface area contributed by atoms with Crippen LogP contribution in [0.25, 0.3) is 21.3 Å². The van der Waals surface area contributed by atoms with E-state index in [1.54, 1.807) is 6.20 Å². The van der Waals surface area contributed by atoms with Gasteiger partial charge in [0, 0.05) is 11.1 Å². The summed E-state index contributed by atoms with van der Waals surface area (Å²) in [5.74, 6) is 0.830. The predicted molar refractivity (Wildman–Crippen MR) is 153 cm³/mol. The Balaban J connectivity index is 1.55. The fourth-order valence-corrected chi connectivity index (χ4v) is 5.94. The summed E-state index contributed by atoms with van der Waals surface area (Å²) in [6, 6.07) is 10.4. The molecule has 0 saturated carbocycles. The van der Waals surface area contributed by atoms with Crippen molar-refractivity contribution in [3.63, 3.8) is 0 Å². The maximum absolute atomic E-state index is 14.3. The Morgan fingerprint density at radius 3 is 2.64 bits per heavy atom. The number of rotatable bonds is 8. The molecule has 0 bridgehead atoms. The lowest BCUT2D eigenvalue weighted by Crippen LogP contribution is -2.29. The number of nitrogens with one attached hydrogen (secondary N) is 1. The van der Waals surface area contributed by atoms with E-state index in [9.17, 15) is 9.18 Å². The van der Waals surface area contributed by atoms with Crippen molar-refractivity contribution in [1.29, 1.82) is 0 Å². The fourth-order valence-electron chi connectivity index (χ4n) is 4.96. The number of hydrogen-bond acceptors (Lipinski definition) is 8. The Kier molecular flexibility index (Phi) is 7.67.